The molecule has 4 aromatic carbocycles. The van der Waals surface area contributed by atoms with Gasteiger partial charge in [0.05, 0.1) is 11.1 Å². The van der Waals surface area contributed by atoms with Gasteiger partial charge in [-0.05, 0) is 47.5 Å². The van der Waals surface area contributed by atoms with E-state index < -0.39 is 69.3 Å². The highest BCUT2D eigenvalue weighted by molar-refractivity contribution is 5.74. The van der Waals surface area contributed by atoms with E-state index >= 15 is 0 Å². The largest absolute Gasteiger partial charge is 0.345 e. The number of benzene rings is 4. The van der Waals surface area contributed by atoms with Gasteiger partial charge in [0, 0.05) is 18.4 Å². The van der Waals surface area contributed by atoms with Crippen LogP contribution >= 0.6 is 0 Å². The summed E-state index contributed by atoms with van der Waals surface area (Å²) in [6.07, 6.45) is 3.89. The molecule has 11 heteroatoms. The molecule has 0 aromatic heterocycles. The van der Waals surface area contributed by atoms with Gasteiger partial charge >= 0.3 is 0 Å². The molecule has 0 aliphatic carbocycles. The number of rotatable bonds is 6. The van der Waals surface area contributed by atoms with Gasteiger partial charge in [-0.25, -0.2) is 43.9 Å². The zero-order valence-corrected chi connectivity index (χ0v) is 20.2. The zero-order chi connectivity index (χ0) is 29.3. The third kappa shape index (κ3) is 5.31. The van der Waals surface area contributed by atoms with E-state index in [1.165, 1.54) is 36.4 Å². The van der Waals surface area contributed by atoms with Crippen LogP contribution in [0, 0.1) is 58.2 Å². The fraction of sp³-hybridized carbons (Fsp3) is 0.0345. The molecule has 4 aromatic rings. The Bertz CT molecular complexity index is 1460. The molecule has 0 bridgehead atoms. The summed E-state index contributed by atoms with van der Waals surface area (Å²) in [7, 11) is 1.69. The van der Waals surface area contributed by atoms with Crippen molar-refractivity contribution in [2.45, 2.75) is 0 Å². The number of hydrogen-bond acceptors (Lipinski definition) is 1. The van der Waals surface area contributed by atoms with Gasteiger partial charge < -0.3 is 4.90 Å². The lowest BCUT2D eigenvalue weighted by molar-refractivity contribution is 0.377. The number of anilines is 2. The first-order chi connectivity index (χ1) is 18.9. The van der Waals surface area contributed by atoms with Gasteiger partial charge in [0.2, 0.25) is 11.6 Å². The zero-order valence-electron chi connectivity index (χ0n) is 20.2. The Morgan fingerprint density at radius 1 is 0.375 bits per heavy atom. The molecular weight excluding hydrogens is 552 g/mol. The number of nitrogens with zero attached hydrogens (tertiary/aromatic N) is 1. The lowest BCUT2D eigenvalue weighted by Crippen LogP contribution is -2.09. The molecule has 1 nitrogen and oxygen atoms in total. The molecule has 0 aliphatic heterocycles. The Hall–Kier alpha value is -4.54. The van der Waals surface area contributed by atoms with Gasteiger partial charge in [0.15, 0.2) is 46.5 Å². The van der Waals surface area contributed by atoms with Gasteiger partial charge in [-0.3, -0.25) is 0 Å². The van der Waals surface area contributed by atoms with Gasteiger partial charge in [-0.15, -0.1) is 0 Å². The molecule has 0 spiro atoms. The van der Waals surface area contributed by atoms with Crippen molar-refractivity contribution in [1.82, 2.24) is 0 Å². The molecule has 0 saturated carbocycles. The molecule has 0 saturated heterocycles. The average Bonchev–Trinajstić information content (AvgIpc) is 2.97. The average molecular weight is 567 g/mol. The van der Waals surface area contributed by atoms with Crippen molar-refractivity contribution in [3.63, 3.8) is 0 Å². The van der Waals surface area contributed by atoms with Gasteiger partial charge in [-0.1, -0.05) is 36.4 Å². The minimum absolute atomic E-state index is 0.398. The maximum absolute atomic E-state index is 13.8. The summed E-state index contributed by atoms with van der Waals surface area (Å²) in [5.74, 6) is -20.5. The van der Waals surface area contributed by atoms with E-state index in [9.17, 15) is 43.9 Å². The lowest BCUT2D eigenvalue weighted by Gasteiger charge is -2.20. The molecule has 0 atom stereocenters. The first-order valence-electron chi connectivity index (χ1n) is 11.2. The second-order valence-corrected chi connectivity index (χ2v) is 8.38. The number of halogens is 10. The second-order valence-electron chi connectivity index (χ2n) is 8.38. The maximum Gasteiger partial charge on any atom is 0.200 e. The van der Waals surface area contributed by atoms with E-state index in [1.807, 2.05) is 0 Å². The van der Waals surface area contributed by atoms with Crippen LogP contribution in [-0.4, -0.2) is 7.05 Å². The fourth-order valence-electron chi connectivity index (χ4n) is 3.66. The standard InChI is InChI=1S/C29H15F10N/c1-40(16-8-2-14(3-9-16)6-12-18-20(30)24(34)28(38)25(35)21(18)31)17-10-4-15(5-11-17)7-13-19-22(32)26(36)29(39)27(37)23(19)33/h2-13H,1H3/b12-6+,13-7+. The van der Waals surface area contributed by atoms with Crippen LogP contribution in [0.25, 0.3) is 24.3 Å². The van der Waals surface area contributed by atoms with E-state index in [-0.39, 0.29) is 0 Å². The molecule has 206 valence electrons. The van der Waals surface area contributed by atoms with Crippen molar-refractivity contribution in [3.8, 4) is 0 Å². The van der Waals surface area contributed by atoms with E-state index in [0.29, 0.717) is 22.5 Å². The fourth-order valence-corrected chi connectivity index (χ4v) is 3.66. The topological polar surface area (TPSA) is 3.24 Å². The first-order valence-corrected chi connectivity index (χ1v) is 11.2. The van der Waals surface area contributed by atoms with Crippen molar-refractivity contribution in [1.29, 1.82) is 0 Å². The Balaban J connectivity index is 1.49. The SMILES string of the molecule is CN(c1ccc(/C=C/c2c(F)c(F)c(F)c(F)c2F)cc1)c1ccc(/C=C/c2c(F)c(F)c(F)c(F)c2F)cc1. The predicted octanol–water partition coefficient (Wildman–Crippen LogP) is 9.19. The maximum atomic E-state index is 13.8. The molecule has 0 aliphatic rings. The highest BCUT2D eigenvalue weighted by Gasteiger charge is 2.25. The van der Waals surface area contributed by atoms with Gasteiger partial charge in [0.1, 0.15) is 0 Å². The van der Waals surface area contributed by atoms with Crippen LogP contribution in [0.5, 0.6) is 0 Å². The highest BCUT2D eigenvalue weighted by Crippen LogP contribution is 2.28. The summed E-state index contributed by atoms with van der Waals surface area (Å²) >= 11 is 0. The van der Waals surface area contributed by atoms with Gasteiger partial charge in [0.25, 0.3) is 0 Å². The minimum Gasteiger partial charge on any atom is -0.345 e. The summed E-state index contributed by atoms with van der Waals surface area (Å²) in [5, 5.41) is 0. The molecule has 0 heterocycles. The monoisotopic (exact) mass is 567 g/mol. The Labute approximate surface area is 220 Å². The van der Waals surface area contributed by atoms with Crippen molar-refractivity contribution in [2.75, 3.05) is 11.9 Å². The third-order valence-corrected chi connectivity index (χ3v) is 5.93. The van der Waals surface area contributed by atoms with Crippen LogP contribution in [-0.2, 0) is 0 Å². The Kier molecular flexibility index (Phi) is 8.03. The summed E-state index contributed by atoms with van der Waals surface area (Å²) in [6, 6.07) is 12.6. The minimum atomic E-state index is -2.25. The molecule has 0 N–H and O–H groups in total. The molecule has 0 amide bonds. The normalized spacial score (nSPS) is 11.7. The first kappa shape index (κ1) is 28.5. The van der Waals surface area contributed by atoms with Crippen LogP contribution < -0.4 is 4.90 Å². The van der Waals surface area contributed by atoms with Gasteiger partial charge in [-0.2, -0.15) is 0 Å². The Morgan fingerprint density at radius 2 is 0.625 bits per heavy atom. The smallest absolute Gasteiger partial charge is 0.200 e. The van der Waals surface area contributed by atoms with Crippen molar-refractivity contribution < 1.29 is 43.9 Å². The molecular formula is C29H15F10N. The van der Waals surface area contributed by atoms with Crippen LogP contribution in [0.3, 0.4) is 0 Å². The van der Waals surface area contributed by atoms with Crippen molar-refractivity contribution >= 4 is 35.7 Å². The van der Waals surface area contributed by atoms with Crippen LogP contribution in [0.15, 0.2) is 48.5 Å². The third-order valence-electron chi connectivity index (χ3n) is 5.93. The second kappa shape index (κ2) is 11.3. The molecule has 40 heavy (non-hydrogen) atoms. The summed E-state index contributed by atoms with van der Waals surface area (Å²) < 4.78 is 135. The van der Waals surface area contributed by atoms with E-state index in [1.54, 1.807) is 36.2 Å². The molecule has 0 radical (unpaired) electrons. The van der Waals surface area contributed by atoms with E-state index in [2.05, 4.69) is 0 Å². The van der Waals surface area contributed by atoms with Crippen molar-refractivity contribution in [3.05, 3.63) is 129 Å². The summed E-state index contributed by atoms with van der Waals surface area (Å²) in [5.41, 5.74) is -0.0839. The Morgan fingerprint density at radius 3 is 0.900 bits per heavy atom. The molecule has 0 fully saturated rings. The highest BCUT2D eigenvalue weighted by atomic mass is 19.2. The van der Waals surface area contributed by atoms with E-state index in [0.717, 1.165) is 12.2 Å². The quantitative estimate of drug-likeness (QED) is 0.0972. The van der Waals surface area contributed by atoms with E-state index in [4.69, 9.17) is 0 Å². The lowest BCUT2D eigenvalue weighted by atomic mass is 10.1. The number of hydrogen-bond donors (Lipinski definition) is 0. The molecule has 0 unspecified atom stereocenters. The molecule has 4 rings (SSSR count). The summed E-state index contributed by atoms with van der Waals surface area (Å²) in [4.78, 5) is 1.72. The van der Waals surface area contributed by atoms with Crippen molar-refractivity contribution in [2.24, 2.45) is 0 Å². The summed E-state index contributed by atoms with van der Waals surface area (Å²) in [6.45, 7) is 0. The van der Waals surface area contributed by atoms with Crippen LogP contribution in [0.1, 0.15) is 22.3 Å². The van der Waals surface area contributed by atoms with Crippen LogP contribution in [0.2, 0.25) is 0 Å². The van der Waals surface area contributed by atoms with Crippen LogP contribution in [0.4, 0.5) is 55.3 Å². The predicted molar refractivity (Wildman–Crippen MR) is 131 cm³/mol.